The normalized spacial score (nSPS) is 11.2. The van der Waals surface area contributed by atoms with E-state index in [-0.39, 0.29) is 42.9 Å². The number of rotatable bonds is 11. The minimum absolute atomic E-state index is 0.0124. The topological polar surface area (TPSA) is 140 Å². The van der Waals surface area contributed by atoms with E-state index in [1.54, 1.807) is 30.6 Å². The number of fused-ring (bicyclic) bond motifs is 1. The number of methoxy groups -OCH3 is 1. The smallest absolute Gasteiger partial charge is 0.260 e. The van der Waals surface area contributed by atoms with E-state index in [0.29, 0.717) is 26.1 Å². The van der Waals surface area contributed by atoms with Crippen molar-refractivity contribution in [1.82, 2.24) is 14.3 Å². The number of thiazole rings is 1. The monoisotopic (exact) mass is 594 g/mol. The summed E-state index contributed by atoms with van der Waals surface area (Å²) < 4.78 is 33.6. The summed E-state index contributed by atoms with van der Waals surface area (Å²) >= 11 is 7.65. The van der Waals surface area contributed by atoms with E-state index >= 15 is 0 Å². The van der Waals surface area contributed by atoms with Crippen LogP contribution < -0.4 is 9.64 Å². The number of hydrogen-bond donors (Lipinski definition) is 0. The number of hydrogen-bond acceptors (Lipinski definition) is 9. The van der Waals surface area contributed by atoms with Gasteiger partial charge in [-0.05, 0) is 48.0 Å². The number of aromatic nitrogens is 2. The number of pyridine rings is 1. The van der Waals surface area contributed by atoms with Gasteiger partial charge in [-0.3, -0.25) is 14.7 Å². The number of carbonyl (C=O) groups excluding carboxylic acids is 1. The van der Waals surface area contributed by atoms with Gasteiger partial charge >= 0.3 is 0 Å². The molecule has 4 rings (SSSR count). The van der Waals surface area contributed by atoms with E-state index in [1.165, 1.54) is 47.6 Å². The molecule has 0 N–H and O–H groups in total. The van der Waals surface area contributed by atoms with Gasteiger partial charge in [0.25, 0.3) is 5.91 Å². The molecule has 0 saturated carbocycles. The largest absolute Gasteiger partial charge is 0.494 e. The molecule has 0 aliphatic carbocycles. The van der Waals surface area contributed by atoms with Crippen molar-refractivity contribution in [2.24, 2.45) is 0 Å². The van der Waals surface area contributed by atoms with Gasteiger partial charge in [0.15, 0.2) is 5.13 Å². The SMILES string of the molecule is COc1ccc(Cl)c2sc(N(Cc3cccnc3)C(=O)c3ccc(S(=O)(=O)N(CCC#N)CCC#N)cc3)nc12. The first-order valence-corrected chi connectivity index (χ1v) is 14.6. The second-order valence-electron chi connectivity index (χ2n) is 8.42. The summed E-state index contributed by atoms with van der Waals surface area (Å²) in [4.78, 5) is 24.1. The number of nitriles is 2. The first-order chi connectivity index (χ1) is 19.3. The number of amides is 1. The van der Waals surface area contributed by atoms with Gasteiger partial charge in [0.1, 0.15) is 11.3 Å². The molecule has 0 spiro atoms. The zero-order valence-corrected chi connectivity index (χ0v) is 23.7. The van der Waals surface area contributed by atoms with E-state index in [0.717, 1.165) is 9.87 Å². The fraction of sp³-hybridized carbons (Fsp3) is 0.222. The molecule has 2 heterocycles. The van der Waals surface area contributed by atoms with Gasteiger partial charge in [-0.15, -0.1) is 0 Å². The summed E-state index contributed by atoms with van der Waals surface area (Å²) in [6, 6.07) is 16.4. The molecule has 0 fully saturated rings. The predicted molar refractivity (Wildman–Crippen MR) is 152 cm³/mol. The van der Waals surface area contributed by atoms with Gasteiger partial charge < -0.3 is 4.74 Å². The highest BCUT2D eigenvalue weighted by Gasteiger charge is 2.27. The average Bonchev–Trinajstić information content (AvgIpc) is 3.42. The molecule has 204 valence electrons. The number of nitrogens with zero attached hydrogens (tertiary/aromatic N) is 6. The third-order valence-corrected chi connectivity index (χ3v) is 9.34. The van der Waals surface area contributed by atoms with Crippen LogP contribution >= 0.6 is 22.9 Å². The summed E-state index contributed by atoms with van der Waals surface area (Å²) in [7, 11) is -2.45. The van der Waals surface area contributed by atoms with Gasteiger partial charge in [0.2, 0.25) is 10.0 Å². The second kappa shape index (κ2) is 12.9. The standard InChI is InChI=1S/C27H23ClN6O4S2/c1-38-23-11-10-22(28)25-24(23)32-27(39-25)34(18-19-5-2-14-31-17-19)26(35)20-6-8-21(9-7-20)40(36,37)33(15-3-12-29)16-4-13-30/h2,5-11,14,17H,3-4,15-16,18H2,1H3. The molecular weight excluding hydrogens is 572 g/mol. The van der Waals surface area contributed by atoms with Gasteiger partial charge in [0.05, 0.1) is 40.4 Å². The maximum Gasteiger partial charge on any atom is 0.260 e. The Morgan fingerprint density at radius 2 is 1.77 bits per heavy atom. The Bertz CT molecular complexity index is 1680. The lowest BCUT2D eigenvalue weighted by atomic mass is 10.2. The molecule has 0 bridgehead atoms. The zero-order valence-electron chi connectivity index (χ0n) is 21.3. The Kier molecular flexibility index (Phi) is 9.30. The van der Waals surface area contributed by atoms with E-state index in [4.69, 9.17) is 26.9 Å². The van der Waals surface area contributed by atoms with Crippen molar-refractivity contribution in [3.8, 4) is 17.9 Å². The third-order valence-electron chi connectivity index (χ3n) is 5.89. The zero-order chi connectivity index (χ0) is 28.7. The van der Waals surface area contributed by atoms with Crippen molar-refractivity contribution in [3.63, 3.8) is 0 Å². The maximum absolute atomic E-state index is 13.8. The molecule has 0 atom stereocenters. The molecule has 0 aliphatic heterocycles. The van der Waals surface area contributed by atoms with Crippen molar-refractivity contribution in [2.75, 3.05) is 25.1 Å². The number of sulfonamides is 1. The lowest BCUT2D eigenvalue weighted by Gasteiger charge is -2.21. The Balaban J connectivity index is 1.70. The Hall–Kier alpha value is -4.07. The van der Waals surface area contributed by atoms with Crippen LogP contribution in [0, 0.1) is 22.7 Å². The Morgan fingerprint density at radius 3 is 2.38 bits per heavy atom. The highest BCUT2D eigenvalue weighted by Crippen LogP contribution is 2.39. The molecule has 2 aromatic heterocycles. The van der Waals surface area contributed by atoms with Crippen LogP contribution in [0.1, 0.15) is 28.8 Å². The van der Waals surface area contributed by atoms with Crippen LogP contribution in [0.2, 0.25) is 5.02 Å². The van der Waals surface area contributed by atoms with E-state index < -0.39 is 15.9 Å². The van der Waals surface area contributed by atoms with Crippen molar-refractivity contribution >= 4 is 54.2 Å². The van der Waals surface area contributed by atoms with E-state index in [9.17, 15) is 13.2 Å². The molecule has 2 aromatic carbocycles. The van der Waals surface area contributed by atoms with Crippen LogP contribution in [-0.2, 0) is 16.6 Å². The summed E-state index contributed by atoms with van der Waals surface area (Å²) in [6.07, 6.45) is 3.25. The number of benzene rings is 2. The third kappa shape index (κ3) is 6.22. The lowest BCUT2D eigenvalue weighted by Crippen LogP contribution is -2.33. The predicted octanol–water partition coefficient (Wildman–Crippen LogP) is 5.02. The number of halogens is 1. The van der Waals surface area contributed by atoms with Crippen molar-refractivity contribution in [2.45, 2.75) is 24.3 Å². The van der Waals surface area contributed by atoms with Crippen LogP contribution in [0.4, 0.5) is 5.13 Å². The molecule has 0 aliphatic rings. The first kappa shape index (κ1) is 28.9. The van der Waals surface area contributed by atoms with Gasteiger partial charge in [-0.1, -0.05) is 29.0 Å². The van der Waals surface area contributed by atoms with Crippen LogP contribution in [0.5, 0.6) is 5.75 Å². The second-order valence-corrected chi connectivity index (χ2v) is 11.7. The molecule has 0 unspecified atom stereocenters. The van der Waals surface area contributed by atoms with E-state index in [2.05, 4.69) is 9.97 Å². The average molecular weight is 595 g/mol. The molecular formula is C27H23ClN6O4S2. The lowest BCUT2D eigenvalue weighted by molar-refractivity contribution is 0.0985. The molecule has 4 aromatic rings. The summed E-state index contributed by atoms with van der Waals surface area (Å²) in [5, 5.41) is 18.7. The first-order valence-electron chi connectivity index (χ1n) is 12.0. The highest BCUT2D eigenvalue weighted by molar-refractivity contribution is 7.89. The van der Waals surface area contributed by atoms with Crippen molar-refractivity contribution < 1.29 is 17.9 Å². The Labute approximate surface area is 240 Å². The van der Waals surface area contributed by atoms with Gasteiger partial charge in [0, 0.05) is 43.9 Å². The van der Waals surface area contributed by atoms with Gasteiger partial charge in [-0.2, -0.15) is 14.8 Å². The Morgan fingerprint density at radius 1 is 1.07 bits per heavy atom. The number of carbonyl (C=O) groups is 1. The van der Waals surface area contributed by atoms with Gasteiger partial charge in [-0.25, -0.2) is 13.4 Å². The number of ether oxygens (including phenoxy) is 1. The highest BCUT2D eigenvalue weighted by atomic mass is 35.5. The van der Waals surface area contributed by atoms with Crippen molar-refractivity contribution in [3.05, 3.63) is 77.1 Å². The van der Waals surface area contributed by atoms with Crippen molar-refractivity contribution in [1.29, 1.82) is 10.5 Å². The summed E-state index contributed by atoms with van der Waals surface area (Å²) in [5.41, 5.74) is 1.52. The van der Waals surface area contributed by atoms with Crippen LogP contribution in [0.25, 0.3) is 10.2 Å². The molecule has 0 saturated heterocycles. The molecule has 10 nitrogen and oxygen atoms in total. The van der Waals surface area contributed by atoms with E-state index in [1.807, 2.05) is 18.2 Å². The van der Waals surface area contributed by atoms with Crippen LogP contribution in [0.3, 0.4) is 0 Å². The molecule has 0 radical (unpaired) electrons. The van der Waals surface area contributed by atoms with Crippen LogP contribution in [-0.4, -0.2) is 48.8 Å². The fourth-order valence-electron chi connectivity index (χ4n) is 3.90. The summed E-state index contributed by atoms with van der Waals surface area (Å²) in [5.74, 6) is 0.107. The molecule has 1 amide bonds. The maximum atomic E-state index is 13.8. The minimum Gasteiger partial charge on any atom is -0.494 e. The molecule has 13 heteroatoms. The quantitative estimate of drug-likeness (QED) is 0.236. The molecule has 40 heavy (non-hydrogen) atoms. The summed E-state index contributed by atoms with van der Waals surface area (Å²) in [6.45, 7) is 0.0794. The fourth-order valence-corrected chi connectivity index (χ4v) is 6.59. The number of anilines is 1. The van der Waals surface area contributed by atoms with Crippen LogP contribution in [0.15, 0.2) is 65.8 Å². The minimum atomic E-state index is -3.98.